The van der Waals surface area contributed by atoms with Crippen LogP contribution in [0.25, 0.3) is 0 Å². The van der Waals surface area contributed by atoms with E-state index in [0.29, 0.717) is 34.1 Å². The molecule has 2 aromatic rings. The topological polar surface area (TPSA) is 71.1 Å². The van der Waals surface area contributed by atoms with Gasteiger partial charge in [0.15, 0.2) is 11.6 Å². The molecule has 0 bridgehead atoms. The first-order valence-electron chi connectivity index (χ1n) is 8.78. The molecule has 28 heavy (non-hydrogen) atoms. The minimum atomic E-state index is -0.391. The first-order valence-corrected chi connectivity index (χ1v) is 8.78. The molecule has 0 aromatic heterocycles. The van der Waals surface area contributed by atoms with E-state index in [4.69, 9.17) is 18.9 Å². The average Bonchev–Trinajstić information content (AvgIpc) is 2.72. The predicted octanol–water partition coefficient (Wildman–Crippen LogP) is 4.02. The van der Waals surface area contributed by atoms with E-state index in [1.54, 1.807) is 50.2 Å². The molecule has 0 fully saturated rings. The van der Waals surface area contributed by atoms with Crippen molar-refractivity contribution < 1.29 is 28.5 Å². The summed E-state index contributed by atoms with van der Waals surface area (Å²) in [5.74, 6) is 0.861. The van der Waals surface area contributed by atoms with Crippen molar-refractivity contribution in [2.45, 2.75) is 13.8 Å². The molecular weight excluding hydrogens is 360 g/mol. The lowest BCUT2D eigenvalue weighted by molar-refractivity contribution is 0.0900. The van der Waals surface area contributed by atoms with E-state index >= 15 is 0 Å². The standard InChI is InChI=1S/C22H25O6/c1-13(2)20(21(23)16-9-7-14(25-3)11-18(16)27-5)22(24)17-10-8-15(26-4)12-19(17)28-6/h7-13H,1-6H3. The summed E-state index contributed by atoms with van der Waals surface area (Å²) in [5, 5.41) is 0. The number of rotatable bonds is 9. The third kappa shape index (κ3) is 4.27. The number of carbonyl (C=O) groups is 2. The minimum Gasteiger partial charge on any atom is -0.497 e. The molecule has 0 amide bonds. The van der Waals surface area contributed by atoms with Crippen LogP contribution in [0.4, 0.5) is 0 Å². The van der Waals surface area contributed by atoms with Crippen LogP contribution in [0.15, 0.2) is 36.4 Å². The largest absolute Gasteiger partial charge is 0.497 e. The van der Waals surface area contributed by atoms with E-state index in [2.05, 4.69) is 0 Å². The second-order valence-corrected chi connectivity index (χ2v) is 6.36. The zero-order valence-electron chi connectivity index (χ0n) is 17.0. The van der Waals surface area contributed by atoms with Gasteiger partial charge in [0.1, 0.15) is 28.9 Å². The summed E-state index contributed by atoms with van der Waals surface area (Å²) < 4.78 is 21.0. The van der Waals surface area contributed by atoms with E-state index in [1.807, 2.05) is 0 Å². The van der Waals surface area contributed by atoms with Crippen LogP contribution in [-0.4, -0.2) is 40.0 Å². The molecule has 0 aliphatic carbocycles. The van der Waals surface area contributed by atoms with Crippen LogP contribution in [-0.2, 0) is 0 Å². The van der Waals surface area contributed by atoms with Crippen molar-refractivity contribution in [3.8, 4) is 23.0 Å². The zero-order valence-corrected chi connectivity index (χ0v) is 17.0. The molecule has 0 aliphatic heterocycles. The van der Waals surface area contributed by atoms with E-state index < -0.39 is 11.6 Å². The normalized spacial score (nSPS) is 10.7. The fourth-order valence-corrected chi connectivity index (χ4v) is 2.89. The number of carbonyl (C=O) groups excluding carboxylic acids is 2. The van der Waals surface area contributed by atoms with Crippen molar-refractivity contribution >= 4 is 11.6 Å². The number of ether oxygens (including phenoxy) is 4. The summed E-state index contributed by atoms with van der Waals surface area (Å²) in [6.07, 6.45) is 0. The molecule has 2 aromatic carbocycles. The molecule has 0 aliphatic rings. The van der Waals surface area contributed by atoms with Crippen molar-refractivity contribution in [3.63, 3.8) is 0 Å². The van der Waals surface area contributed by atoms with Crippen molar-refractivity contribution in [1.29, 1.82) is 0 Å². The second-order valence-electron chi connectivity index (χ2n) is 6.36. The third-order valence-electron chi connectivity index (χ3n) is 4.37. The summed E-state index contributed by atoms with van der Waals surface area (Å²) in [4.78, 5) is 26.5. The molecule has 6 nitrogen and oxygen atoms in total. The number of benzene rings is 2. The van der Waals surface area contributed by atoms with Gasteiger partial charge in [-0.1, -0.05) is 13.8 Å². The smallest absolute Gasteiger partial charge is 0.182 e. The molecule has 0 N–H and O–H groups in total. The number of ketones is 2. The monoisotopic (exact) mass is 385 g/mol. The Balaban J connectivity index is 2.48. The summed E-state index contributed by atoms with van der Waals surface area (Å²) >= 11 is 0. The Bertz CT molecular complexity index is 789. The first-order chi connectivity index (χ1) is 13.4. The van der Waals surface area contributed by atoms with Crippen LogP contribution in [0.5, 0.6) is 23.0 Å². The van der Waals surface area contributed by atoms with Crippen LogP contribution in [0.1, 0.15) is 34.6 Å². The van der Waals surface area contributed by atoms with E-state index in [9.17, 15) is 9.59 Å². The molecular formula is C22H25O6. The first kappa shape index (κ1) is 21.3. The SMILES string of the molecule is COc1ccc(C(=O)[C](C(=O)c2ccc(OC)cc2OC)C(C)C)c(OC)c1. The quantitative estimate of drug-likeness (QED) is 0.480. The number of methoxy groups -OCH3 is 4. The lowest BCUT2D eigenvalue weighted by Gasteiger charge is -2.20. The average molecular weight is 385 g/mol. The Hall–Kier alpha value is -3.02. The molecule has 0 spiro atoms. The van der Waals surface area contributed by atoms with E-state index in [0.717, 1.165) is 0 Å². The molecule has 0 saturated carbocycles. The highest BCUT2D eigenvalue weighted by Gasteiger charge is 2.35. The van der Waals surface area contributed by atoms with E-state index in [1.165, 1.54) is 28.4 Å². The lowest BCUT2D eigenvalue weighted by Crippen LogP contribution is -2.27. The fraction of sp³-hybridized carbons (Fsp3) is 0.318. The highest BCUT2D eigenvalue weighted by molar-refractivity contribution is 6.29. The maximum atomic E-state index is 13.3. The van der Waals surface area contributed by atoms with Crippen molar-refractivity contribution in [1.82, 2.24) is 0 Å². The highest BCUT2D eigenvalue weighted by atomic mass is 16.5. The number of Topliss-reactive ketones (excluding diaryl/α,β-unsaturated/α-hetero) is 2. The Morgan fingerprint density at radius 3 is 1.36 bits per heavy atom. The molecule has 0 saturated heterocycles. The van der Waals surface area contributed by atoms with Crippen molar-refractivity contribution in [2.24, 2.45) is 5.92 Å². The number of hydrogen-bond donors (Lipinski definition) is 0. The van der Waals surface area contributed by atoms with Crippen LogP contribution >= 0.6 is 0 Å². The summed E-state index contributed by atoms with van der Waals surface area (Å²) in [6, 6.07) is 9.74. The highest BCUT2D eigenvalue weighted by Crippen LogP contribution is 2.34. The fourth-order valence-electron chi connectivity index (χ4n) is 2.89. The summed E-state index contributed by atoms with van der Waals surface area (Å²) in [5.41, 5.74) is 0.598. The summed E-state index contributed by atoms with van der Waals surface area (Å²) in [7, 11) is 5.99. The minimum absolute atomic E-state index is 0.145. The van der Waals surface area contributed by atoms with Gasteiger partial charge in [0.05, 0.1) is 39.6 Å². The zero-order chi connectivity index (χ0) is 20.8. The predicted molar refractivity (Wildman–Crippen MR) is 106 cm³/mol. The maximum absolute atomic E-state index is 13.3. The lowest BCUT2D eigenvalue weighted by atomic mass is 9.81. The molecule has 0 unspecified atom stereocenters. The Morgan fingerprint density at radius 2 is 1.07 bits per heavy atom. The van der Waals surface area contributed by atoms with Crippen LogP contribution in [0.2, 0.25) is 0 Å². The molecule has 1 radical (unpaired) electrons. The molecule has 0 atom stereocenters. The van der Waals surface area contributed by atoms with E-state index in [-0.39, 0.29) is 11.8 Å². The van der Waals surface area contributed by atoms with Gasteiger partial charge in [-0.15, -0.1) is 0 Å². The maximum Gasteiger partial charge on any atom is 0.182 e. The van der Waals surface area contributed by atoms with Crippen LogP contribution < -0.4 is 18.9 Å². The van der Waals surface area contributed by atoms with Crippen molar-refractivity contribution in [3.05, 3.63) is 53.4 Å². The van der Waals surface area contributed by atoms with Crippen LogP contribution in [0, 0.1) is 11.8 Å². The Kier molecular flexibility index (Phi) is 7.04. The van der Waals surface area contributed by atoms with Gasteiger partial charge < -0.3 is 18.9 Å². The van der Waals surface area contributed by atoms with Gasteiger partial charge in [0.2, 0.25) is 0 Å². The molecule has 149 valence electrons. The second kappa shape index (κ2) is 9.26. The van der Waals surface area contributed by atoms with Gasteiger partial charge in [-0.3, -0.25) is 9.59 Å². The van der Waals surface area contributed by atoms with Gasteiger partial charge in [-0.2, -0.15) is 0 Å². The van der Waals surface area contributed by atoms with Crippen LogP contribution in [0.3, 0.4) is 0 Å². The van der Waals surface area contributed by atoms with Gasteiger partial charge >= 0.3 is 0 Å². The molecule has 2 rings (SSSR count). The Labute approximate surface area is 165 Å². The van der Waals surface area contributed by atoms with Crippen molar-refractivity contribution in [2.75, 3.05) is 28.4 Å². The van der Waals surface area contributed by atoms with Gasteiger partial charge in [0.25, 0.3) is 0 Å². The third-order valence-corrected chi connectivity index (χ3v) is 4.37. The number of hydrogen-bond acceptors (Lipinski definition) is 6. The van der Waals surface area contributed by atoms with Gasteiger partial charge in [-0.25, -0.2) is 0 Å². The van der Waals surface area contributed by atoms with Gasteiger partial charge in [-0.05, 0) is 30.2 Å². The van der Waals surface area contributed by atoms with Gasteiger partial charge in [0, 0.05) is 12.1 Å². The molecule has 6 heteroatoms. The molecule has 0 heterocycles. The summed E-state index contributed by atoms with van der Waals surface area (Å²) in [6.45, 7) is 3.61. The Morgan fingerprint density at radius 1 is 0.679 bits per heavy atom.